The maximum Gasteiger partial charge on any atom is 0.258 e. The Labute approximate surface area is 190 Å². The largest absolute Gasteiger partial charge is 0.484 e. The Hall–Kier alpha value is -2.51. The number of hydrogen-bond acceptors (Lipinski definition) is 4. The van der Waals surface area contributed by atoms with Crippen LogP contribution in [0, 0.1) is 17.0 Å². The summed E-state index contributed by atoms with van der Waals surface area (Å²) in [7, 11) is 0. The van der Waals surface area contributed by atoms with Gasteiger partial charge in [0.1, 0.15) is 24.0 Å². The fraction of sp³-hybridized carbons (Fsp3) is 0.417. The highest BCUT2D eigenvalue weighted by molar-refractivity contribution is 6.30. The molecule has 3 aliphatic carbocycles. The lowest BCUT2D eigenvalue weighted by Gasteiger charge is -2.70. The van der Waals surface area contributed by atoms with Crippen LogP contribution < -0.4 is 10.1 Å². The second-order valence-corrected chi connectivity index (χ2v) is 9.28. The van der Waals surface area contributed by atoms with Gasteiger partial charge >= 0.3 is 0 Å². The normalized spacial score (nSPS) is 23.1. The topological polar surface area (TPSA) is 64.6 Å². The minimum absolute atomic E-state index is 0.00575. The summed E-state index contributed by atoms with van der Waals surface area (Å²) in [5.74, 6) is -0.862. The first-order valence-corrected chi connectivity index (χ1v) is 10.9. The van der Waals surface area contributed by atoms with Crippen LogP contribution in [-0.2, 0) is 20.7 Å². The third-order valence-corrected chi connectivity index (χ3v) is 6.40. The summed E-state index contributed by atoms with van der Waals surface area (Å²) in [6.07, 6.45) is 3.37. The highest BCUT2D eigenvalue weighted by atomic mass is 35.5. The number of nitrogens with one attached hydrogen (secondary N) is 1. The molecule has 170 valence electrons. The molecule has 0 saturated heterocycles. The maximum atomic E-state index is 13.4. The van der Waals surface area contributed by atoms with Crippen LogP contribution >= 0.6 is 11.6 Å². The molecule has 8 heteroatoms. The van der Waals surface area contributed by atoms with E-state index in [0.717, 1.165) is 30.9 Å². The predicted octanol–water partition coefficient (Wildman–Crippen LogP) is 4.25. The zero-order chi connectivity index (χ0) is 22.8. The zero-order valence-corrected chi connectivity index (χ0v) is 18.2. The van der Waals surface area contributed by atoms with E-state index in [9.17, 15) is 18.4 Å². The molecule has 0 unspecified atom stereocenters. The number of ether oxygens (including phenoxy) is 2. The Bertz CT molecular complexity index is 992. The lowest BCUT2D eigenvalue weighted by molar-refractivity contribution is -0.174. The van der Waals surface area contributed by atoms with Crippen molar-refractivity contribution in [3.05, 3.63) is 64.7 Å². The molecule has 0 aliphatic heterocycles. The summed E-state index contributed by atoms with van der Waals surface area (Å²) in [6, 6.07) is 10.2. The van der Waals surface area contributed by atoms with Crippen LogP contribution in [0.4, 0.5) is 8.78 Å². The molecule has 2 bridgehead atoms. The number of benzene rings is 2. The smallest absolute Gasteiger partial charge is 0.258 e. The van der Waals surface area contributed by atoms with Crippen molar-refractivity contribution in [2.75, 3.05) is 19.8 Å². The molecule has 5 nitrogen and oxygen atoms in total. The number of halogens is 3. The molecule has 5 rings (SSSR count). The number of carbonyl (C=O) groups is 2. The van der Waals surface area contributed by atoms with Crippen molar-refractivity contribution in [3.8, 4) is 5.75 Å². The molecule has 0 heterocycles. The zero-order valence-electron chi connectivity index (χ0n) is 17.5. The average molecular weight is 464 g/mol. The third kappa shape index (κ3) is 5.27. The molecule has 3 fully saturated rings. The molecule has 0 atom stereocenters. The van der Waals surface area contributed by atoms with Crippen LogP contribution in [0.3, 0.4) is 0 Å². The van der Waals surface area contributed by atoms with Crippen molar-refractivity contribution in [1.29, 1.82) is 0 Å². The molecule has 3 aliphatic rings. The molecule has 3 saturated carbocycles. The van der Waals surface area contributed by atoms with Crippen molar-refractivity contribution < 1.29 is 27.8 Å². The summed E-state index contributed by atoms with van der Waals surface area (Å²) in [4.78, 5) is 24.4. The summed E-state index contributed by atoms with van der Waals surface area (Å²) >= 11 is 5.62. The molecule has 2 aromatic rings. The standard InChI is InChI=1S/C24H24ClF2NO4/c25-20-6-5-19(9-21(20)27)32-12-22(30)28-24-13-23(14-24,15-24)10-18(29)11-31-8-7-16-1-3-17(26)4-2-16/h1-6,9H,7-8,10-15H2,(H,28,30). The van der Waals surface area contributed by atoms with Crippen LogP contribution in [0.2, 0.25) is 5.02 Å². The summed E-state index contributed by atoms with van der Waals surface area (Å²) in [5.41, 5.74) is 0.668. The van der Waals surface area contributed by atoms with Crippen LogP contribution in [0.15, 0.2) is 42.5 Å². The van der Waals surface area contributed by atoms with E-state index in [1.54, 1.807) is 12.1 Å². The van der Waals surface area contributed by atoms with Crippen LogP contribution in [0.25, 0.3) is 0 Å². The third-order valence-electron chi connectivity index (χ3n) is 6.09. The maximum absolute atomic E-state index is 13.4. The Morgan fingerprint density at radius 3 is 2.44 bits per heavy atom. The van der Waals surface area contributed by atoms with E-state index in [1.807, 2.05) is 0 Å². The SMILES string of the molecule is O=C(COCCc1ccc(F)cc1)CC12CC(NC(=O)COc3ccc(Cl)c(F)c3)(C1)C2. The minimum Gasteiger partial charge on any atom is -0.484 e. The molecule has 0 spiro atoms. The van der Waals surface area contributed by atoms with Gasteiger partial charge in [-0.3, -0.25) is 9.59 Å². The van der Waals surface area contributed by atoms with Gasteiger partial charge in [-0.05, 0) is 60.9 Å². The van der Waals surface area contributed by atoms with Crippen molar-refractivity contribution in [1.82, 2.24) is 5.32 Å². The second-order valence-electron chi connectivity index (χ2n) is 8.87. The van der Waals surface area contributed by atoms with Gasteiger partial charge in [0.25, 0.3) is 5.91 Å². The molecule has 32 heavy (non-hydrogen) atoms. The van der Waals surface area contributed by atoms with Gasteiger partial charge in [-0.2, -0.15) is 0 Å². The van der Waals surface area contributed by atoms with Crippen molar-refractivity contribution in [2.24, 2.45) is 5.41 Å². The quantitative estimate of drug-likeness (QED) is 0.506. The highest BCUT2D eigenvalue weighted by Gasteiger charge is 2.68. The molecular weight excluding hydrogens is 440 g/mol. The first-order chi connectivity index (χ1) is 15.3. The number of hydrogen-bond donors (Lipinski definition) is 1. The molecule has 1 amide bonds. The van der Waals surface area contributed by atoms with Gasteiger partial charge in [0.05, 0.1) is 11.6 Å². The van der Waals surface area contributed by atoms with Crippen LogP contribution in [0.1, 0.15) is 31.2 Å². The van der Waals surface area contributed by atoms with E-state index in [2.05, 4.69) is 5.32 Å². The van der Waals surface area contributed by atoms with Crippen molar-refractivity contribution >= 4 is 23.3 Å². The second kappa shape index (κ2) is 9.16. The fourth-order valence-electron chi connectivity index (χ4n) is 4.86. The monoisotopic (exact) mass is 463 g/mol. The molecular formula is C24H24ClF2NO4. The first-order valence-electron chi connectivity index (χ1n) is 10.5. The Balaban J connectivity index is 1.11. The Morgan fingerprint density at radius 1 is 1.03 bits per heavy atom. The highest BCUT2D eigenvalue weighted by Crippen LogP contribution is 2.68. The van der Waals surface area contributed by atoms with Gasteiger partial charge in [0, 0.05) is 18.0 Å². The van der Waals surface area contributed by atoms with E-state index in [-0.39, 0.29) is 52.4 Å². The Kier molecular flexibility index (Phi) is 6.49. The summed E-state index contributed by atoms with van der Waals surface area (Å²) in [6.45, 7) is 0.256. The number of Topliss-reactive ketones (excluding diaryl/α,β-unsaturated/α-hetero) is 1. The van der Waals surface area contributed by atoms with Gasteiger partial charge in [-0.1, -0.05) is 23.7 Å². The lowest BCUT2D eigenvalue weighted by atomic mass is 9.38. The first kappa shape index (κ1) is 22.7. The van der Waals surface area contributed by atoms with Gasteiger partial charge in [0.2, 0.25) is 0 Å². The van der Waals surface area contributed by atoms with Gasteiger partial charge in [0.15, 0.2) is 12.4 Å². The average Bonchev–Trinajstić information content (AvgIpc) is 2.71. The number of carbonyl (C=O) groups excluding carboxylic acids is 2. The van der Waals surface area contributed by atoms with Crippen LogP contribution in [-0.4, -0.2) is 37.0 Å². The predicted molar refractivity (Wildman–Crippen MR) is 115 cm³/mol. The molecule has 2 aromatic carbocycles. The minimum atomic E-state index is -0.602. The van der Waals surface area contributed by atoms with E-state index in [4.69, 9.17) is 21.1 Å². The molecule has 0 aromatic heterocycles. The number of ketones is 1. The van der Waals surface area contributed by atoms with Gasteiger partial charge in [-0.25, -0.2) is 8.78 Å². The van der Waals surface area contributed by atoms with E-state index in [1.165, 1.54) is 24.3 Å². The number of rotatable bonds is 11. The summed E-state index contributed by atoms with van der Waals surface area (Å²) < 4.78 is 37.1. The molecule has 0 radical (unpaired) electrons. The molecule has 1 N–H and O–H groups in total. The van der Waals surface area contributed by atoms with Gasteiger partial charge < -0.3 is 14.8 Å². The lowest BCUT2D eigenvalue weighted by Crippen LogP contribution is -2.75. The number of amides is 1. The fourth-order valence-corrected chi connectivity index (χ4v) is 4.98. The van der Waals surface area contributed by atoms with E-state index < -0.39 is 5.82 Å². The van der Waals surface area contributed by atoms with Crippen molar-refractivity contribution in [3.63, 3.8) is 0 Å². The Morgan fingerprint density at radius 2 is 1.75 bits per heavy atom. The van der Waals surface area contributed by atoms with E-state index in [0.29, 0.717) is 19.4 Å². The van der Waals surface area contributed by atoms with E-state index >= 15 is 0 Å². The van der Waals surface area contributed by atoms with Gasteiger partial charge in [-0.15, -0.1) is 0 Å². The van der Waals surface area contributed by atoms with Crippen molar-refractivity contribution in [2.45, 2.75) is 37.6 Å². The van der Waals surface area contributed by atoms with Crippen LogP contribution in [0.5, 0.6) is 5.75 Å². The summed E-state index contributed by atoms with van der Waals surface area (Å²) in [5, 5.41) is 2.97.